The molecule has 3 aromatic rings. The van der Waals surface area contributed by atoms with Gasteiger partial charge in [-0.2, -0.15) is 5.10 Å². The topological polar surface area (TPSA) is 156 Å². The fourth-order valence-electron chi connectivity index (χ4n) is 4.65. The Morgan fingerprint density at radius 1 is 1.23 bits per heavy atom. The summed E-state index contributed by atoms with van der Waals surface area (Å²) in [5.41, 5.74) is 2.83. The normalized spacial score (nSPS) is 18.8. The third-order valence-corrected chi connectivity index (χ3v) is 6.47. The number of benzene rings is 1. The van der Waals surface area contributed by atoms with E-state index in [4.69, 9.17) is 0 Å². The molecule has 1 saturated heterocycles. The predicted molar refractivity (Wildman–Crippen MR) is 119 cm³/mol. The van der Waals surface area contributed by atoms with E-state index >= 15 is 0 Å². The molecule has 5 heterocycles. The van der Waals surface area contributed by atoms with Gasteiger partial charge in [0.05, 0.1) is 24.6 Å². The van der Waals surface area contributed by atoms with E-state index in [-0.39, 0.29) is 29.8 Å². The van der Waals surface area contributed by atoms with Crippen molar-refractivity contribution < 1.29 is 19.2 Å². The summed E-state index contributed by atoms with van der Waals surface area (Å²) in [7, 11) is 0. The SMILES string of the molecule is O=C1CCC(N2Cc3ccc(-n4cc(C(=O)NCc5cnn6c5NCC6)nn4)cc3C2=O)C(=O)N1. The maximum Gasteiger partial charge on any atom is 0.273 e. The molecular weight excluding hydrogens is 454 g/mol. The monoisotopic (exact) mass is 475 g/mol. The van der Waals surface area contributed by atoms with E-state index in [1.807, 2.05) is 4.68 Å². The minimum Gasteiger partial charge on any atom is -0.368 e. The molecular formula is C22H21N9O4. The van der Waals surface area contributed by atoms with Crippen LogP contribution >= 0.6 is 0 Å². The Labute approximate surface area is 198 Å². The molecule has 1 unspecified atom stereocenters. The van der Waals surface area contributed by atoms with Crippen LogP contribution in [-0.4, -0.2) is 65.9 Å². The standard InChI is InChI=1S/C22H21N9O4/c32-18-4-3-17(21(34)26-18)29-10-12-1-2-14(7-15(12)22(29)35)31-11-16(27-28-31)20(33)24-8-13-9-25-30-6-5-23-19(13)30/h1-2,7,9,11,17,23H,3-6,8,10H2,(H,24,33)(H,26,32,34). The van der Waals surface area contributed by atoms with E-state index in [1.54, 1.807) is 24.4 Å². The maximum atomic E-state index is 13.0. The van der Waals surface area contributed by atoms with Gasteiger partial charge in [0.25, 0.3) is 11.8 Å². The molecule has 0 bridgehead atoms. The molecule has 3 aliphatic rings. The largest absolute Gasteiger partial charge is 0.368 e. The Hall–Kier alpha value is -4.55. The lowest BCUT2D eigenvalue weighted by molar-refractivity contribution is -0.136. The van der Waals surface area contributed by atoms with Crippen LogP contribution in [0.5, 0.6) is 0 Å². The van der Waals surface area contributed by atoms with Gasteiger partial charge in [0.1, 0.15) is 11.9 Å². The highest BCUT2D eigenvalue weighted by atomic mass is 16.2. The second-order valence-electron chi connectivity index (χ2n) is 8.64. The average Bonchev–Trinajstić information content (AvgIpc) is 3.62. The number of hydrogen-bond acceptors (Lipinski definition) is 8. The van der Waals surface area contributed by atoms with Crippen molar-refractivity contribution in [3.05, 3.63) is 53.0 Å². The van der Waals surface area contributed by atoms with Gasteiger partial charge in [0, 0.05) is 37.2 Å². The zero-order valence-corrected chi connectivity index (χ0v) is 18.5. The Bertz CT molecular complexity index is 1390. The van der Waals surface area contributed by atoms with Crippen molar-refractivity contribution in [2.45, 2.75) is 38.5 Å². The summed E-state index contributed by atoms with van der Waals surface area (Å²) in [6.07, 6.45) is 3.72. The van der Waals surface area contributed by atoms with Gasteiger partial charge in [-0.25, -0.2) is 9.36 Å². The summed E-state index contributed by atoms with van der Waals surface area (Å²) >= 11 is 0. The Morgan fingerprint density at radius 2 is 2.11 bits per heavy atom. The summed E-state index contributed by atoms with van der Waals surface area (Å²) in [6.45, 7) is 2.20. The van der Waals surface area contributed by atoms with Gasteiger partial charge in [-0.15, -0.1) is 5.10 Å². The van der Waals surface area contributed by atoms with E-state index in [0.717, 1.165) is 30.0 Å². The number of nitrogens with one attached hydrogen (secondary N) is 3. The van der Waals surface area contributed by atoms with Crippen molar-refractivity contribution in [3.63, 3.8) is 0 Å². The van der Waals surface area contributed by atoms with Crippen LogP contribution in [0.15, 0.2) is 30.6 Å². The average molecular weight is 475 g/mol. The lowest BCUT2D eigenvalue weighted by atomic mass is 10.0. The van der Waals surface area contributed by atoms with Crippen LogP contribution in [0.25, 0.3) is 5.69 Å². The number of carbonyl (C=O) groups excluding carboxylic acids is 4. The second-order valence-corrected chi connectivity index (χ2v) is 8.64. The summed E-state index contributed by atoms with van der Waals surface area (Å²) < 4.78 is 3.28. The van der Waals surface area contributed by atoms with Crippen molar-refractivity contribution >= 4 is 29.4 Å². The lowest BCUT2D eigenvalue weighted by Crippen LogP contribution is -2.52. The number of fused-ring (bicyclic) bond motifs is 2. The smallest absolute Gasteiger partial charge is 0.273 e. The number of rotatable bonds is 5. The number of imide groups is 1. The first-order valence-electron chi connectivity index (χ1n) is 11.2. The van der Waals surface area contributed by atoms with Gasteiger partial charge < -0.3 is 15.5 Å². The molecule has 1 aromatic carbocycles. The Balaban J connectivity index is 1.15. The van der Waals surface area contributed by atoms with E-state index in [2.05, 4.69) is 31.4 Å². The summed E-state index contributed by atoms with van der Waals surface area (Å²) in [5.74, 6) is -0.531. The fourth-order valence-corrected chi connectivity index (χ4v) is 4.65. The molecule has 1 atom stereocenters. The third-order valence-electron chi connectivity index (χ3n) is 6.47. The highest BCUT2D eigenvalue weighted by molar-refractivity contribution is 6.05. The first-order chi connectivity index (χ1) is 17.0. The number of nitrogens with zero attached hydrogens (tertiary/aromatic N) is 6. The second kappa shape index (κ2) is 8.04. The van der Waals surface area contributed by atoms with Crippen LogP contribution in [-0.2, 0) is 29.2 Å². The summed E-state index contributed by atoms with van der Waals surface area (Å²) in [5, 5.41) is 20.6. The first kappa shape index (κ1) is 21.0. The molecule has 13 nitrogen and oxygen atoms in total. The quantitative estimate of drug-likeness (QED) is 0.420. The van der Waals surface area contributed by atoms with Gasteiger partial charge >= 0.3 is 0 Å². The number of aromatic nitrogens is 5. The van der Waals surface area contributed by atoms with E-state index in [0.29, 0.717) is 30.8 Å². The molecule has 35 heavy (non-hydrogen) atoms. The van der Waals surface area contributed by atoms with Gasteiger partial charge in [-0.1, -0.05) is 11.3 Å². The van der Waals surface area contributed by atoms with Crippen molar-refractivity contribution in [3.8, 4) is 5.69 Å². The predicted octanol–water partition coefficient (Wildman–Crippen LogP) is -0.420. The molecule has 3 aliphatic heterocycles. The van der Waals surface area contributed by atoms with Crippen LogP contribution in [0.2, 0.25) is 0 Å². The van der Waals surface area contributed by atoms with Crippen molar-refractivity contribution in [2.24, 2.45) is 0 Å². The van der Waals surface area contributed by atoms with Crippen LogP contribution in [0, 0.1) is 0 Å². The first-order valence-corrected chi connectivity index (χ1v) is 11.2. The van der Waals surface area contributed by atoms with Crippen LogP contribution < -0.4 is 16.0 Å². The zero-order valence-electron chi connectivity index (χ0n) is 18.5. The highest BCUT2D eigenvalue weighted by Crippen LogP contribution is 2.29. The van der Waals surface area contributed by atoms with Gasteiger partial charge in [0.2, 0.25) is 11.8 Å². The molecule has 6 rings (SSSR count). The minimum atomic E-state index is -0.676. The molecule has 1 fully saturated rings. The van der Waals surface area contributed by atoms with Crippen LogP contribution in [0.1, 0.15) is 44.8 Å². The zero-order chi connectivity index (χ0) is 24.1. The van der Waals surface area contributed by atoms with E-state index in [1.165, 1.54) is 15.8 Å². The number of amides is 4. The number of carbonyl (C=O) groups is 4. The van der Waals surface area contributed by atoms with E-state index < -0.39 is 11.9 Å². The lowest BCUT2D eigenvalue weighted by Gasteiger charge is -2.29. The highest BCUT2D eigenvalue weighted by Gasteiger charge is 2.39. The molecule has 0 radical (unpaired) electrons. The van der Waals surface area contributed by atoms with Gasteiger partial charge in [0.15, 0.2) is 5.69 Å². The van der Waals surface area contributed by atoms with Gasteiger partial charge in [-0.05, 0) is 24.1 Å². The Kier molecular flexibility index (Phi) is 4.83. The Morgan fingerprint density at radius 3 is 2.97 bits per heavy atom. The summed E-state index contributed by atoms with van der Waals surface area (Å²) in [4.78, 5) is 50.8. The van der Waals surface area contributed by atoms with E-state index in [9.17, 15) is 19.2 Å². The molecule has 0 saturated carbocycles. The molecule has 4 amide bonds. The molecule has 0 aliphatic carbocycles. The van der Waals surface area contributed by atoms with Crippen LogP contribution in [0.3, 0.4) is 0 Å². The fraction of sp³-hybridized carbons (Fsp3) is 0.318. The summed E-state index contributed by atoms with van der Waals surface area (Å²) in [6, 6.07) is 4.56. The minimum absolute atomic E-state index is 0.138. The van der Waals surface area contributed by atoms with Crippen LogP contribution in [0.4, 0.5) is 5.82 Å². The molecule has 2 aromatic heterocycles. The maximum absolute atomic E-state index is 13.0. The molecule has 0 spiro atoms. The number of piperidine rings is 1. The molecule has 13 heteroatoms. The third kappa shape index (κ3) is 3.61. The van der Waals surface area contributed by atoms with Gasteiger partial charge in [-0.3, -0.25) is 24.5 Å². The van der Waals surface area contributed by atoms with Crippen molar-refractivity contribution in [1.29, 1.82) is 0 Å². The van der Waals surface area contributed by atoms with Crippen molar-refractivity contribution in [1.82, 2.24) is 40.3 Å². The molecule has 3 N–H and O–H groups in total. The molecule has 178 valence electrons. The number of anilines is 1. The number of hydrogen-bond donors (Lipinski definition) is 3. The van der Waals surface area contributed by atoms with Crippen molar-refractivity contribution in [2.75, 3.05) is 11.9 Å².